The van der Waals surface area contributed by atoms with Crippen LogP contribution in [0.25, 0.3) is 0 Å². The number of rotatable bonds is 4. The molecule has 5 nitrogen and oxygen atoms in total. The van der Waals surface area contributed by atoms with Crippen LogP contribution in [0.15, 0.2) is 29.4 Å². The van der Waals surface area contributed by atoms with E-state index >= 15 is 0 Å². The van der Waals surface area contributed by atoms with Crippen LogP contribution in [0, 0.1) is 18.8 Å². The number of benzene rings is 1. The van der Waals surface area contributed by atoms with Gasteiger partial charge in [-0.3, -0.25) is 9.36 Å². The lowest BCUT2D eigenvalue weighted by Crippen LogP contribution is -2.20. The standard InChI is InChI=1S/C14H13ClN4OS/c1-10-17-18-14(19(10)9-13(16)20)21-8-2-3-11-4-6-12(15)7-5-11/h4-7H,8-9H2,1H3,(H2,16,20). The number of carbonyl (C=O) groups excluding carboxylic acids is 1. The van der Waals surface area contributed by atoms with E-state index in [1.807, 2.05) is 12.1 Å². The van der Waals surface area contributed by atoms with Crippen molar-refractivity contribution < 1.29 is 4.79 Å². The summed E-state index contributed by atoms with van der Waals surface area (Å²) in [4.78, 5) is 11.0. The van der Waals surface area contributed by atoms with Crippen molar-refractivity contribution in [3.8, 4) is 11.8 Å². The fraction of sp³-hybridized carbons (Fsp3) is 0.214. The Morgan fingerprint density at radius 2 is 2.10 bits per heavy atom. The van der Waals surface area contributed by atoms with Gasteiger partial charge in [-0.05, 0) is 31.2 Å². The van der Waals surface area contributed by atoms with E-state index in [4.69, 9.17) is 17.3 Å². The number of carbonyl (C=O) groups is 1. The van der Waals surface area contributed by atoms with Gasteiger partial charge in [-0.25, -0.2) is 0 Å². The molecule has 2 rings (SSSR count). The molecular weight excluding hydrogens is 308 g/mol. The van der Waals surface area contributed by atoms with Crippen molar-refractivity contribution in [1.29, 1.82) is 0 Å². The van der Waals surface area contributed by atoms with Gasteiger partial charge in [0, 0.05) is 10.6 Å². The molecule has 0 saturated carbocycles. The molecule has 0 atom stereocenters. The molecule has 1 aromatic heterocycles. The normalized spacial score (nSPS) is 10.0. The smallest absolute Gasteiger partial charge is 0.237 e. The van der Waals surface area contributed by atoms with E-state index < -0.39 is 5.91 Å². The number of amides is 1. The number of hydrogen-bond donors (Lipinski definition) is 1. The SMILES string of the molecule is Cc1nnc(SCC#Cc2ccc(Cl)cc2)n1CC(N)=O. The number of hydrogen-bond acceptors (Lipinski definition) is 4. The third-order valence-corrected chi connectivity index (χ3v) is 3.67. The molecule has 0 radical (unpaired) electrons. The van der Waals surface area contributed by atoms with Crippen LogP contribution >= 0.6 is 23.4 Å². The van der Waals surface area contributed by atoms with Gasteiger partial charge in [0.2, 0.25) is 5.91 Å². The minimum atomic E-state index is -0.424. The van der Waals surface area contributed by atoms with Crippen molar-refractivity contribution in [2.45, 2.75) is 18.6 Å². The highest BCUT2D eigenvalue weighted by molar-refractivity contribution is 7.99. The van der Waals surface area contributed by atoms with E-state index in [-0.39, 0.29) is 6.54 Å². The first kappa shape index (κ1) is 15.4. The zero-order valence-electron chi connectivity index (χ0n) is 11.3. The molecular formula is C14H13ClN4OS. The molecule has 0 fully saturated rings. The summed E-state index contributed by atoms with van der Waals surface area (Å²) >= 11 is 7.22. The monoisotopic (exact) mass is 320 g/mol. The maximum atomic E-state index is 11.0. The van der Waals surface area contributed by atoms with Crippen molar-refractivity contribution in [3.63, 3.8) is 0 Å². The summed E-state index contributed by atoms with van der Waals surface area (Å²) < 4.78 is 1.68. The number of halogens is 1. The Bertz CT molecular complexity index is 700. The number of thioether (sulfide) groups is 1. The lowest BCUT2D eigenvalue weighted by atomic mass is 10.2. The van der Waals surface area contributed by atoms with Crippen molar-refractivity contribution in [2.75, 3.05) is 5.75 Å². The van der Waals surface area contributed by atoms with Gasteiger partial charge in [0.25, 0.3) is 0 Å². The molecule has 2 N–H and O–H groups in total. The van der Waals surface area contributed by atoms with Gasteiger partial charge < -0.3 is 5.73 Å². The summed E-state index contributed by atoms with van der Waals surface area (Å²) in [5.74, 6) is 6.83. The van der Waals surface area contributed by atoms with Gasteiger partial charge in [-0.1, -0.05) is 35.2 Å². The van der Waals surface area contributed by atoms with Crippen LogP contribution in [0.1, 0.15) is 11.4 Å². The Labute approximate surface area is 131 Å². The highest BCUT2D eigenvalue weighted by atomic mass is 35.5. The number of primary amides is 1. The molecule has 0 unspecified atom stereocenters. The van der Waals surface area contributed by atoms with E-state index in [1.165, 1.54) is 11.8 Å². The van der Waals surface area contributed by atoms with Crippen LogP contribution in [-0.4, -0.2) is 26.4 Å². The van der Waals surface area contributed by atoms with Gasteiger partial charge in [0.05, 0.1) is 5.75 Å². The molecule has 0 aliphatic rings. The maximum absolute atomic E-state index is 11.0. The summed E-state index contributed by atoms with van der Waals surface area (Å²) in [6.45, 7) is 1.85. The van der Waals surface area contributed by atoms with Crippen LogP contribution in [0.3, 0.4) is 0 Å². The van der Waals surface area contributed by atoms with E-state index in [0.29, 0.717) is 21.8 Å². The molecule has 0 spiro atoms. The second-order valence-corrected chi connectivity index (χ2v) is 5.56. The molecule has 1 amide bonds. The number of nitrogens with two attached hydrogens (primary N) is 1. The first-order valence-electron chi connectivity index (χ1n) is 6.11. The van der Waals surface area contributed by atoms with E-state index in [1.54, 1.807) is 23.6 Å². The Balaban J connectivity index is 1.98. The summed E-state index contributed by atoms with van der Waals surface area (Å²) in [5, 5.41) is 9.27. The van der Waals surface area contributed by atoms with E-state index in [2.05, 4.69) is 22.0 Å². The van der Waals surface area contributed by atoms with Gasteiger partial charge in [-0.2, -0.15) is 0 Å². The second-order valence-electron chi connectivity index (χ2n) is 4.18. The molecule has 0 bridgehead atoms. The van der Waals surface area contributed by atoms with Crippen LogP contribution in [0.5, 0.6) is 0 Å². The Morgan fingerprint density at radius 1 is 1.38 bits per heavy atom. The Hall–Kier alpha value is -1.97. The minimum absolute atomic E-state index is 0.0752. The third kappa shape index (κ3) is 4.52. The molecule has 0 aliphatic carbocycles. The number of aromatic nitrogens is 3. The van der Waals surface area contributed by atoms with E-state index in [0.717, 1.165) is 5.56 Å². The van der Waals surface area contributed by atoms with E-state index in [9.17, 15) is 4.79 Å². The topological polar surface area (TPSA) is 73.8 Å². The molecule has 2 aromatic rings. The Morgan fingerprint density at radius 3 is 2.76 bits per heavy atom. The second kappa shape index (κ2) is 7.16. The fourth-order valence-electron chi connectivity index (χ4n) is 1.58. The van der Waals surface area contributed by atoms with Gasteiger partial charge in [-0.15, -0.1) is 10.2 Å². The predicted octanol–water partition coefficient (Wildman–Crippen LogP) is 1.87. The maximum Gasteiger partial charge on any atom is 0.237 e. The van der Waals surface area contributed by atoms with Crippen molar-refractivity contribution in [3.05, 3.63) is 40.7 Å². The largest absolute Gasteiger partial charge is 0.368 e. The zero-order valence-corrected chi connectivity index (χ0v) is 12.9. The average molecular weight is 321 g/mol. The molecule has 0 saturated heterocycles. The first-order valence-corrected chi connectivity index (χ1v) is 7.48. The van der Waals surface area contributed by atoms with Crippen LogP contribution in [0.2, 0.25) is 5.02 Å². The van der Waals surface area contributed by atoms with Crippen LogP contribution in [0.4, 0.5) is 0 Å². The van der Waals surface area contributed by atoms with Crippen molar-refractivity contribution >= 4 is 29.3 Å². The molecule has 1 aromatic carbocycles. The first-order chi connectivity index (χ1) is 10.1. The summed E-state index contributed by atoms with van der Waals surface area (Å²) in [6, 6.07) is 7.32. The van der Waals surface area contributed by atoms with Crippen molar-refractivity contribution in [1.82, 2.24) is 14.8 Å². The van der Waals surface area contributed by atoms with Gasteiger partial charge in [0.1, 0.15) is 12.4 Å². The molecule has 0 aliphatic heterocycles. The minimum Gasteiger partial charge on any atom is -0.368 e. The Kier molecular flexibility index (Phi) is 5.26. The molecule has 1 heterocycles. The highest BCUT2D eigenvalue weighted by Gasteiger charge is 2.10. The predicted molar refractivity (Wildman–Crippen MR) is 83.0 cm³/mol. The average Bonchev–Trinajstić information content (AvgIpc) is 2.78. The number of aryl methyl sites for hydroxylation is 1. The molecule has 21 heavy (non-hydrogen) atoms. The molecule has 108 valence electrons. The zero-order chi connectivity index (χ0) is 15.2. The van der Waals surface area contributed by atoms with Gasteiger partial charge in [0.15, 0.2) is 5.16 Å². The van der Waals surface area contributed by atoms with Gasteiger partial charge >= 0.3 is 0 Å². The quantitative estimate of drug-likeness (QED) is 0.689. The van der Waals surface area contributed by atoms with Crippen LogP contribution < -0.4 is 5.73 Å². The lowest BCUT2D eigenvalue weighted by Gasteiger charge is -2.03. The fourth-order valence-corrected chi connectivity index (χ4v) is 2.43. The molecule has 7 heteroatoms. The lowest BCUT2D eigenvalue weighted by molar-refractivity contribution is -0.118. The highest BCUT2D eigenvalue weighted by Crippen LogP contribution is 2.16. The number of nitrogens with zero attached hydrogens (tertiary/aromatic N) is 3. The third-order valence-electron chi connectivity index (χ3n) is 2.57. The summed E-state index contributed by atoms with van der Waals surface area (Å²) in [7, 11) is 0. The summed E-state index contributed by atoms with van der Waals surface area (Å²) in [5.41, 5.74) is 6.10. The van der Waals surface area contributed by atoms with Crippen molar-refractivity contribution in [2.24, 2.45) is 5.73 Å². The summed E-state index contributed by atoms with van der Waals surface area (Å²) in [6.07, 6.45) is 0. The van der Waals surface area contributed by atoms with Crippen LogP contribution in [-0.2, 0) is 11.3 Å².